The number of amides is 2. The van der Waals surface area contributed by atoms with E-state index in [1.54, 1.807) is 42.5 Å². The lowest BCUT2D eigenvalue weighted by molar-refractivity contribution is -0.118. The smallest absolute Gasteiger partial charge is 0.264 e. The number of anilines is 2. The molecule has 0 aliphatic rings. The highest BCUT2D eigenvalue weighted by atomic mass is 32.1. The molecular weight excluding hydrogens is 438 g/mol. The first-order valence-electron chi connectivity index (χ1n) is 10.1. The van der Waals surface area contributed by atoms with E-state index >= 15 is 0 Å². The summed E-state index contributed by atoms with van der Waals surface area (Å²) in [6.07, 6.45) is 0. The van der Waals surface area contributed by atoms with E-state index in [1.165, 1.54) is 18.4 Å². The zero-order chi connectivity index (χ0) is 23.0. The first-order valence-corrected chi connectivity index (χ1v) is 10.9. The molecule has 0 bridgehead atoms. The minimum absolute atomic E-state index is 0.216. The molecule has 0 spiro atoms. The lowest BCUT2D eigenvalue weighted by Crippen LogP contribution is -2.20. The van der Waals surface area contributed by atoms with E-state index in [9.17, 15) is 9.59 Å². The van der Waals surface area contributed by atoms with Crippen molar-refractivity contribution in [2.24, 2.45) is 0 Å². The van der Waals surface area contributed by atoms with E-state index in [1.807, 2.05) is 42.5 Å². The third-order valence-corrected chi connectivity index (χ3v) is 5.50. The molecular formula is C25H21N3O4S. The van der Waals surface area contributed by atoms with Crippen molar-refractivity contribution in [1.82, 2.24) is 4.98 Å². The molecule has 1 heterocycles. The molecule has 33 heavy (non-hydrogen) atoms. The Bertz CT molecular complexity index is 1240. The van der Waals surface area contributed by atoms with Crippen LogP contribution in [0.5, 0.6) is 11.5 Å². The van der Waals surface area contributed by atoms with Crippen LogP contribution in [0.15, 0.2) is 84.9 Å². The van der Waals surface area contributed by atoms with Crippen molar-refractivity contribution in [3.63, 3.8) is 0 Å². The maximum atomic E-state index is 12.7. The van der Waals surface area contributed by atoms with E-state index < -0.39 is 0 Å². The maximum absolute atomic E-state index is 12.7. The number of ether oxygens (including phenoxy) is 2. The average molecular weight is 460 g/mol. The van der Waals surface area contributed by atoms with E-state index in [4.69, 9.17) is 9.47 Å². The molecule has 0 radical (unpaired) electrons. The van der Waals surface area contributed by atoms with E-state index in [0.29, 0.717) is 32.9 Å². The normalized spacial score (nSPS) is 10.3. The molecule has 4 aromatic rings. The average Bonchev–Trinajstić information content (AvgIpc) is 3.25. The standard InChI is InChI=1S/C25H21N3O4S/c1-31-19-14-8-9-15-20(19)32-16-21(29)26-25-27-22(17-10-4-2-5-11-17)24(33-25)28-23(30)18-12-6-3-7-13-18/h2-15H,16H2,1H3,(H,28,30)(H,26,27,29). The molecule has 0 unspecified atom stereocenters. The van der Waals surface area contributed by atoms with E-state index in [-0.39, 0.29) is 18.4 Å². The summed E-state index contributed by atoms with van der Waals surface area (Å²) in [5, 5.41) is 6.55. The van der Waals surface area contributed by atoms with Gasteiger partial charge in [-0.05, 0) is 24.3 Å². The molecule has 7 nitrogen and oxygen atoms in total. The number of hydrogen-bond donors (Lipinski definition) is 2. The number of thiazole rings is 1. The minimum Gasteiger partial charge on any atom is -0.493 e. The molecule has 0 saturated carbocycles. The van der Waals surface area contributed by atoms with Crippen molar-refractivity contribution in [3.05, 3.63) is 90.5 Å². The second-order valence-electron chi connectivity index (χ2n) is 6.87. The van der Waals surface area contributed by atoms with Gasteiger partial charge in [-0.15, -0.1) is 0 Å². The minimum atomic E-state index is -0.379. The zero-order valence-corrected chi connectivity index (χ0v) is 18.6. The number of aromatic nitrogens is 1. The Balaban J connectivity index is 1.51. The first kappa shape index (κ1) is 22.0. The van der Waals surface area contributed by atoms with Crippen molar-refractivity contribution in [2.75, 3.05) is 24.4 Å². The van der Waals surface area contributed by atoms with Gasteiger partial charge in [0.2, 0.25) is 0 Å². The number of rotatable bonds is 8. The third kappa shape index (κ3) is 5.55. The number of carbonyl (C=O) groups is 2. The predicted octanol–water partition coefficient (Wildman–Crippen LogP) is 5.09. The van der Waals surface area contributed by atoms with Crippen LogP contribution in [0, 0.1) is 0 Å². The molecule has 0 atom stereocenters. The van der Waals surface area contributed by atoms with Crippen LogP contribution in [0.3, 0.4) is 0 Å². The summed E-state index contributed by atoms with van der Waals surface area (Å²) in [4.78, 5) is 29.7. The summed E-state index contributed by atoms with van der Waals surface area (Å²) in [6, 6.07) is 25.5. The van der Waals surface area contributed by atoms with Gasteiger partial charge in [0.05, 0.1) is 7.11 Å². The molecule has 3 aromatic carbocycles. The number of benzene rings is 3. The van der Waals surface area contributed by atoms with E-state index in [2.05, 4.69) is 15.6 Å². The molecule has 1 aromatic heterocycles. The number of carbonyl (C=O) groups excluding carboxylic acids is 2. The Labute approximate surface area is 195 Å². The van der Waals surface area contributed by atoms with E-state index in [0.717, 1.165) is 5.56 Å². The molecule has 2 amide bonds. The Kier molecular flexibility index (Phi) is 6.96. The topological polar surface area (TPSA) is 89.6 Å². The van der Waals surface area contributed by atoms with Gasteiger partial charge in [-0.25, -0.2) is 4.98 Å². The van der Waals surface area contributed by atoms with Crippen LogP contribution in [-0.4, -0.2) is 30.5 Å². The highest BCUT2D eigenvalue weighted by Gasteiger charge is 2.18. The number of methoxy groups -OCH3 is 1. The lowest BCUT2D eigenvalue weighted by atomic mass is 10.1. The largest absolute Gasteiger partial charge is 0.493 e. The monoisotopic (exact) mass is 459 g/mol. The van der Waals surface area contributed by atoms with Gasteiger partial charge < -0.3 is 14.8 Å². The van der Waals surface area contributed by atoms with Gasteiger partial charge in [-0.2, -0.15) is 0 Å². The van der Waals surface area contributed by atoms with Crippen molar-refractivity contribution < 1.29 is 19.1 Å². The summed E-state index contributed by atoms with van der Waals surface area (Å²) in [5.41, 5.74) is 1.93. The van der Waals surface area contributed by atoms with Crippen LogP contribution in [0.25, 0.3) is 11.3 Å². The van der Waals surface area contributed by atoms with Crippen molar-refractivity contribution in [2.45, 2.75) is 0 Å². The summed E-state index contributed by atoms with van der Waals surface area (Å²) in [7, 11) is 1.54. The summed E-state index contributed by atoms with van der Waals surface area (Å²) >= 11 is 1.18. The van der Waals surface area contributed by atoms with Gasteiger partial charge in [0.15, 0.2) is 23.2 Å². The number of hydrogen-bond acceptors (Lipinski definition) is 6. The third-order valence-electron chi connectivity index (χ3n) is 4.61. The maximum Gasteiger partial charge on any atom is 0.264 e. The number of nitrogens with zero attached hydrogens (tertiary/aromatic N) is 1. The van der Waals surface area contributed by atoms with Crippen LogP contribution >= 0.6 is 11.3 Å². The van der Waals surface area contributed by atoms with Crippen LogP contribution in [-0.2, 0) is 4.79 Å². The van der Waals surface area contributed by atoms with Gasteiger partial charge in [-0.1, -0.05) is 72.0 Å². The molecule has 4 rings (SSSR count). The predicted molar refractivity (Wildman–Crippen MR) is 129 cm³/mol. The SMILES string of the molecule is COc1ccccc1OCC(=O)Nc1nc(-c2ccccc2)c(NC(=O)c2ccccc2)s1. The molecule has 0 aliphatic carbocycles. The number of para-hydroxylation sites is 2. The van der Waals surface area contributed by atoms with Gasteiger partial charge in [0.1, 0.15) is 10.7 Å². The van der Waals surface area contributed by atoms with Crippen molar-refractivity contribution >= 4 is 33.3 Å². The Morgan fingerprint density at radius 3 is 2.18 bits per heavy atom. The second kappa shape index (κ2) is 10.4. The fraction of sp³-hybridized carbons (Fsp3) is 0.0800. The fourth-order valence-corrected chi connectivity index (χ4v) is 3.95. The van der Waals surface area contributed by atoms with Crippen molar-refractivity contribution in [3.8, 4) is 22.8 Å². The quantitative estimate of drug-likeness (QED) is 0.383. The second-order valence-corrected chi connectivity index (χ2v) is 7.87. The zero-order valence-electron chi connectivity index (χ0n) is 17.8. The molecule has 8 heteroatoms. The summed E-state index contributed by atoms with van der Waals surface area (Å²) < 4.78 is 10.8. The van der Waals surface area contributed by atoms with Gasteiger partial charge >= 0.3 is 0 Å². The summed E-state index contributed by atoms with van der Waals surface area (Å²) in [5.74, 6) is 0.371. The number of nitrogens with one attached hydrogen (secondary N) is 2. The molecule has 0 aliphatic heterocycles. The Hall–Kier alpha value is -4.17. The molecule has 2 N–H and O–H groups in total. The van der Waals surface area contributed by atoms with Crippen LogP contribution < -0.4 is 20.1 Å². The van der Waals surface area contributed by atoms with Crippen LogP contribution in [0.2, 0.25) is 0 Å². The first-order chi connectivity index (χ1) is 16.1. The van der Waals surface area contributed by atoms with Crippen molar-refractivity contribution in [1.29, 1.82) is 0 Å². The molecule has 0 saturated heterocycles. The van der Waals surface area contributed by atoms with Gasteiger partial charge in [0.25, 0.3) is 11.8 Å². The highest BCUT2D eigenvalue weighted by Crippen LogP contribution is 2.36. The molecule has 0 fully saturated rings. The lowest BCUT2D eigenvalue weighted by Gasteiger charge is -2.09. The Morgan fingerprint density at radius 1 is 0.848 bits per heavy atom. The molecule has 166 valence electrons. The van der Waals surface area contributed by atoms with Crippen LogP contribution in [0.1, 0.15) is 10.4 Å². The Morgan fingerprint density at radius 2 is 1.48 bits per heavy atom. The van der Waals surface area contributed by atoms with Gasteiger partial charge in [0, 0.05) is 11.1 Å². The fourth-order valence-electron chi connectivity index (χ4n) is 3.05. The van der Waals surface area contributed by atoms with Gasteiger partial charge in [-0.3, -0.25) is 14.9 Å². The highest BCUT2D eigenvalue weighted by molar-refractivity contribution is 7.20. The summed E-state index contributed by atoms with van der Waals surface area (Å²) in [6.45, 7) is -0.216. The van der Waals surface area contributed by atoms with Crippen LogP contribution in [0.4, 0.5) is 10.1 Å².